The molecule has 1 aromatic carbocycles. The van der Waals surface area contributed by atoms with Gasteiger partial charge in [-0.25, -0.2) is 0 Å². The van der Waals surface area contributed by atoms with Crippen LogP contribution in [0.15, 0.2) is 34.3 Å². The molecule has 4 nitrogen and oxygen atoms in total. The van der Waals surface area contributed by atoms with E-state index in [-0.39, 0.29) is 0 Å². The largest absolute Gasteiger partial charge is 0.365 e. The van der Waals surface area contributed by atoms with E-state index < -0.39 is 0 Å². The molecule has 0 unspecified atom stereocenters. The van der Waals surface area contributed by atoms with Gasteiger partial charge in [0.1, 0.15) is 0 Å². The molecule has 3 rings (SSSR count). The Morgan fingerprint density at radius 2 is 1.75 bits per heavy atom. The SMILES string of the molecule is c1ccc(NC2=NCCS2)c(CCNC2=NCCS2)c1. The van der Waals surface area contributed by atoms with Gasteiger partial charge in [0.05, 0.1) is 13.1 Å². The van der Waals surface area contributed by atoms with E-state index in [1.54, 1.807) is 11.8 Å². The number of rotatable bonds is 4. The molecule has 0 spiro atoms. The fraction of sp³-hybridized carbons (Fsp3) is 0.429. The molecule has 2 aliphatic heterocycles. The minimum absolute atomic E-state index is 0.921. The van der Waals surface area contributed by atoms with Crippen LogP contribution < -0.4 is 10.6 Å². The molecule has 0 bridgehead atoms. The second-order valence-electron chi connectivity index (χ2n) is 4.53. The number of nitrogens with one attached hydrogen (secondary N) is 2. The number of hydrogen-bond donors (Lipinski definition) is 2. The normalized spacial score (nSPS) is 17.8. The first-order valence-electron chi connectivity index (χ1n) is 6.85. The third kappa shape index (κ3) is 3.70. The second kappa shape index (κ2) is 7.04. The van der Waals surface area contributed by atoms with Gasteiger partial charge in [-0.2, -0.15) is 0 Å². The maximum Gasteiger partial charge on any atom is 0.161 e. The van der Waals surface area contributed by atoms with Crippen molar-refractivity contribution in [1.29, 1.82) is 0 Å². The number of thioether (sulfide) groups is 2. The molecular formula is C14H18N4S2. The van der Waals surface area contributed by atoms with Crippen molar-refractivity contribution in [3.8, 4) is 0 Å². The lowest BCUT2D eigenvalue weighted by Crippen LogP contribution is -2.22. The summed E-state index contributed by atoms with van der Waals surface area (Å²) >= 11 is 3.60. The molecule has 2 aliphatic rings. The zero-order chi connectivity index (χ0) is 13.6. The van der Waals surface area contributed by atoms with Crippen molar-refractivity contribution >= 4 is 39.5 Å². The average Bonchev–Trinajstić information content (AvgIpc) is 3.14. The standard InChI is InChI=1S/C14H18N4S2/c1-2-4-12(18-14-17-8-10-20-14)11(3-1)5-6-15-13-16-7-9-19-13/h1-4H,5-10H2,(H,15,16)(H,17,18). The summed E-state index contributed by atoms with van der Waals surface area (Å²) in [6.07, 6.45) is 0.987. The average molecular weight is 306 g/mol. The summed E-state index contributed by atoms with van der Waals surface area (Å²) in [4.78, 5) is 8.85. The molecule has 20 heavy (non-hydrogen) atoms. The lowest BCUT2D eigenvalue weighted by Gasteiger charge is -2.12. The van der Waals surface area contributed by atoms with Crippen molar-refractivity contribution in [2.24, 2.45) is 9.98 Å². The molecule has 0 aliphatic carbocycles. The molecule has 2 N–H and O–H groups in total. The maximum absolute atomic E-state index is 4.45. The number of para-hydroxylation sites is 1. The number of anilines is 1. The number of benzene rings is 1. The van der Waals surface area contributed by atoms with E-state index in [9.17, 15) is 0 Å². The highest BCUT2D eigenvalue weighted by Crippen LogP contribution is 2.20. The predicted octanol–water partition coefficient (Wildman–Crippen LogP) is 2.44. The van der Waals surface area contributed by atoms with Crippen LogP contribution in [0, 0.1) is 0 Å². The Labute approximate surface area is 127 Å². The van der Waals surface area contributed by atoms with E-state index in [1.165, 1.54) is 11.3 Å². The summed E-state index contributed by atoms with van der Waals surface area (Å²) in [6, 6.07) is 8.45. The Morgan fingerprint density at radius 3 is 2.50 bits per heavy atom. The lowest BCUT2D eigenvalue weighted by molar-refractivity contribution is 0.874. The van der Waals surface area contributed by atoms with Crippen molar-refractivity contribution in [2.45, 2.75) is 6.42 Å². The Hall–Kier alpha value is -1.14. The number of hydrogen-bond acceptors (Lipinski definition) is 6. The van der Waals surface area contributed by atoms with E-state index in [0.29, 0.717) is 0 Å². The van der Waals surface area contributed by atoms with Gasteiger partial charge in [0.15, 0.2) is 10.3 Å². The van der Waals surface area contributed by atoms with Crippen molar-refractivity contribution < 1.29 is 0 Å². The van der Waals surface area contributed by atoms with Crippen molar-refractivity contribution in [3.63, 3.8) is 0 Å². The van der Waals surface area contributed by atoms with E-state index in [2.05, 4.69) is 44.9 Å². The molecule has 0 radical (unpaired) electrons. The van der Waals surface area contributed by atoms with Crippen LogP contribution in [0.1, 0.15) is 5.56 Å². The molecular weight excluding hydrogens is 288 g/mol. The van der Waals surface area contributed by atoms with Gasteiger partial charge in [-0.05, 0) is 18.1 Å². The van der Waals surface area contributed by atoms with Crippen LogP contribution in [-0.2, 0) is 6.42 Å². The molecule has 2 heterocycles. The van der Waals surface area contributed by atoms with Crippen LogP contribution >= 0.6 is 23.5 Å². The third-order valence-electron chi connectivity index (χ3n) is 3.10. The van der Waals surface area contributed by atoms with Gasteiger partial charge in [0, 0.05) is 23.7 Å². The van der Waals surface area contributed by atoms with Crippen LogP contribution in [-0.4, -0.2) is 41.5 Å². The van der Waals surface area contributed by atoms with Crippen LogP contribution in [0.4, 0.5) is 5.69 Å². The molecule has 0 atom stereocenters. The summed E-state index contributed by atoms with van der Waals surface area (Å²) in [5, 5.41) is 8.97. The third-order valence-corrected chi connectivity index (χ3v) is 4.93. The van der Waals surface area contributed by atoms with E-state index in [1.807, 2.05) is 11.8 Å². The molecule has 106 valence electrons. The topological polar surface area (TPSA) is 48.8 Å². The number of amidine groups is 2. The fourth-order valence-corrected chi connectivity index (χ4v) is 3.64. The van der Waals surface area contributed by atoms with E-state index in [4.69, 9.17) is 0 Å². The van der Waals surface area contributed by atoms with Crippen molar-refractivity contribution in [1.82, 2.24) is 5.32 Å². The molecule has 1 aromatic rings. The number of aliphatic imine (C=N–C) groups is 2. The first-order valence-corrected chi connectivity index (χ1v) is 8.82. The van der Waals surface area contributed by atoms with Crippen molar-refractivity contribution in [3.05, 3.63) is 29.8 Å². The minimum Gasteiger partial charge on any atom is -0.365 e. The fourth-order valence-electron chi connectivity index (χ4n) is 2.13. The van der Waals surface area contributed by atoms with Gasteiger partial charge in [-0.3, -0.25) is 9.98 Å². The van der Waals surface area contributed by atoms with Gasteiger partial charge in [0.2, 0.25) is 0 Å². The predicted molar refractivity (Wildman–Crippen MR) is 91.3 cm³/mol. The monoisotopic (exact) mass is 306 g/mol. The summed E-state index contributed by atoms with van der Waals surface area (Å²) in [7, 11) is 0. The molecule has 0 fully saturated rings. The zero-order valence-corrected chi connectivity index (χ0v) is 12.9. The molecule has 0 amide bonds. The highest BCUT2D eigenvalue weighted by atomic mass is 32.2. The van der Waals surface area contributed by atoms with Gasteiger partial charge in [0.25, 0.3) is 0 Å². The zero-order valence-electron chi connectivity index (χ0n) is 11.3. The Morgan fingerprint density at radius 1 is 1.00 bits per heavy atom. The highest BCUT2D eigenvalue weighted by Gasteiger charge is 2.10. The smallest absolute Gasteiger partial charge is 0.161 e. The first kappa shape index (κ1) is 13.8. The van der Waals surface area contributed by atoms with Gasteiger partial charge >= 0.3 is 0 Å². The van der Waals surface area contributed by atoms with Gasteiger partial charge in [-0.15, -0.1) is 0 Å². The Bertz CT molecular complexity index is 528. The lowest BCUT2D eigenvalue weighted by atomic mass is 10.1. The maximum atomic E-state index is 4.45. The summed E-state index contributed by atoms with van der Waals surface area (Å²) < 4.78 is 0. The van der Waals surface area contributed by atoms with E-state index >= 15 is 0 Å². The molecule has 0 aromatic heterocycles. The Kier molecular flexibility index (Phi) is 4.86. The van der Waals surface area contributed by atoms with E-state index in [0.717, 1.165) is 47.9 Å². The van der Waals surface area contributed by atoms with Gasteiger partial charge < -0.3 is 10.6 Å². The quantitative estimate of drug-likeness (QED) is 0.897. The summed E-state index contributed by atoms with van der Waals surface area (Å²) in [6.45, 7) is 2.79. The van der Waals surface area contributed by atoms with Crippen LogP contribution in [0.5, 0.6) is 0 Å². The molecule has 0 saturated heterocycles. The first-order chi connectivity index (χ1) is 9.92. The highest BCUT2D eigenvalue weighted by molar-refractivity contribution is 8.14. The van der Waals surface area contributed by atoms with Crippen LogP contribution in [0.2, 0.25) is 0 Å². The van der Waals surface area contributed by atoms with Gasteiger partial charge in [-0.1, -0.05) is 41.7 Å². The number of nitrogens with zero attached hydrogens (tertiary/aromatic N) is 2. The molecule has 6 heteroatoms. The van der Waals surface area contributed by atoms with Crippen LogP contribution in [0.3, 0.4) is 0 Å². The minimum atomic E-state index is 0.921. The summed E-state index contributed by atoms with van der Waals surface area (Å²) in [5.41, 5.74) is 2.49. The molecule has 0 saturated carbocycles. The second-order valence-corrected chi connectivity index (χ2v) is 6.70. The summed E-state index contributed by atoms with van der Waals surface area (Å²) in [5.74, 6) is 2.20. The van der Waals surface area contributed by atoms with Crippen molar-refractivity contribution in [2.75, 3.05) is 36.5 Å². The Balaban J connectivity index is 1.57. The van der Waals surface area contributed by atoms with Crippen LogP contribution in [0.25, 0.3) is 0 Å².